The van der Waals surface area contributed by atoms with Crippen LogP contribution in [0.2, 0.25) is 0 Å². The van der Waals surface area contributed by atoms with E-state index in [2.05, 4.69) is 13.5 Å². The molecule has 2 N–H and O–H groups in total. The van der Waals surface area contributed by atoms with Crippen molar-refractivity contribution >= 4 is 5.97 Å². The molecule has 7 atom stereocenters. The molecule has 0 heterocycles. The van der Waals surface area contributed by atoms with Gasteiger partial charge in [0.05, 0.1) is 11.5 Å². The van der Waals surface area contributed by atoms with Crippen molar-refractivity contribution in [2.75, 3.05) is 0 Å². The molecule has 0 aromatic heterocycles. The second kappa shape index (κ2) is 4.62. The van der Waals surface area contributed by atoms with Crippen molar-refractivity contribution in [3.8, 4) is 0 Å². The van der Waals surface area contributed by atoms with E-state index in [1.165, 1.54) is 12.0 Å². The Morgan fingerprint density at radius 3 is 2.57 bits per heavy atom. The van der Waals surface area contributed by atoms with Gasteiger partial charge in [-0.1, -0.05) is 25.5 Å². The van der Waals surface area contributed by atoms with Gasteiger partial charge in [0.25, 0.3) is 0 Å². The molecular formula is C20H30O3. The Kier molecular flexibility index (Phi) is 3.15. The lowest BCUT2D eigenvalue weighted by molar-refractivity contribution is -0.224. The van der Waals surface area contributed by atoms with Crippen molar-refractivity contribution in [2.24, 2.45) is 34.0 Å². The Bertz CT molecular complexity index is 569. The lowest BCUT2D eigenvalue weighted by atomic mass is 9.36. The molecule has 1 spiro atoms. The molecular weight excluding hydrogens is 288 g/mol. The Balaban J connectivity index is 1.80. The monoisotopic (exact) mass is 318 g/mol. The van der Waals surface area contributed by atoms with Gasteiger partial charge in [0.1, 0.15) is 0 Å². The van der Waals surface area contributed by atoms with Crippen LogP contribution in [0, 0.1) is 34.0 Å². The van der Waals surface area contributed by atoms with Crippen molar-refractivity contribution in [1.82, 2.24) is 0 Å². The van der Waals surface area contributed by atoms with Crippen LogP contribution in [0.1, 0.15) is 65.2 Å². The number of aliphatic hydroxyl groups excluding tert-OH is 1. The fourth-order valence-corrected chi connectivity index (χ4v) is 7.42. The van der Waals surface area contributed by atoms with E-state index in [-0.39, 0.29) is 22.9 Å². The molecule has 23 heavy (non-hydrogen) atoms. The van der Waals surface area contributed by atoms with Gasteiger partial charge in [-0.05, 0) is 75.0 Å². The Morgan fingerprint density at radius 2 is 1.91 bits per heavy atom. The second-order valence-electron chi connectivity index (χ2n) is 9.48. The second-order valence-corrected chi connectivity index (χ2v) is 9.48. The zero-order chi connectivity index (χ0) is 16.6. The number of aliphatic carboxylic acids is 1. The van der Waals surface area contributed by atoms with Crippen LogP contribution >= 0.6 is 0 Å². The standard InChI is InChI=1S/C20H30O3/c1-12-11-20-8-5-13(12)9-15(20)18(2)6-4-7-19(3,17(22)23)14(18)10-16(20)21/h13-16,21H,1,4-11H2,2-3H3,(H,22,23)/t13-,14-,15-,16+,18+,19+,20+/m0/s1. The summed E-state index contributed by atoms with van der Waals surface area (Å²) in [5, 5.41) is 21.0. The normalized spacial score (nSPS) is 55.2. The summed E-state index contributed by atoms with van der Waals surface area (Å²) in [5.74, 6) is 0.496. The average Bonchev–Trinajstić information content (AvgIpc) is 2.50. The molecule has 3 nitrogen and oxygen atoms in total. The molecule has 5 fully saturated rings. The molecule has 3 heteroatoms. The summed E-state index contributed by atoms with van der Waals surface area (Å²) in [5.41, 5.74) is 0.701. The molecule has 0 aromatic carbocycles. The molecule has 5 aliphatic carbocycles. The molecule has 0 unspecified atom stereocenters. The van der Waals surface area contributed by atoms with E-state index in [0.717, 1.165) is 38.5 Å². The van der Waals surface area contributed by atoms with Crippen LogP contribution in [0.15, 0.2) is 12.2 Å². The third-order valence-electron chi connectivity index (χ3n) is 8.69. The van der Waals surface area contributed by atoms with E-state index < -0.39 is 11.4 Å². The number of carbonyl (C=O) groups is 1. The van der Waals surface area contributed by atoms with Gasteiger partial charge < -0.3 is 10.2 Å². The molecule has 5 saturated carbocycles. The molecule has 0 saturated heterocycles. The summed E-state index contributed by atoms with van der Waals surface area (Å²) in [6, 6.07) is 0. The van der Waals surface area contributed by atoms with Crippen LogP contribution in [-0.2, 0) is 4.79 Å². The van der Waals surface area contributed by atoms with Gasteiger partial charge in [0.15, 0.2) is 0 Å². The van der Waals surface area contributed by atoms with Crippen LogP contribution in [0.25, 0.3) is 0 Å². The predicted octanol–water partition coefficient (Wildman–Crippen LogP) is 4.01. The maximum absolute atomic E-state index is 12.1. The first kappa shape index (κ1) is 15.7. The van der Waals surface area contributed by atoms with Crippen LogP contribution in [0.5, 0.6) is 0 Å². The quantitative estimate of drug-likeness (QED) is 0.718. The number of carboxylic acids is 1. The highest BCUT2D eigenvalue weighted by Crippen LogP contribution is 2.71. The van der Waals surface area contributed by atoms with Crippen molar-refractivity contribution in [1.29, 1.82) is 0 Å². The first-order valence-electron chi connectivity index (χ1n) is 9.33. The number of carboxylic acid groups (broad SMARTS) is 1. The Hall–Kier alpha value is -0.830. The fraction of sp³-hybridized carbons (Fsp3) is 0.850. The van der Waals surface area contributed by atoms with Crippen LogP contribution in [0.3, 0.4) is 0 Å². The molecule has 2 bridgehead atoms. The van der Waals surface area contributed by atoms with E-state index in [9.17, 15) is 15.0 Å². The summed E-state index contributed by atoms with van der Waals surface area (Å²) < 4.78 is 0. The molecule has 5 rings (SSSR count). The number of aliphatic hydroxyl groups is 1. The minimum Gasteiger partial charge on any atom is -0.481 e. The summed E-state index contributed by atoms with van der Waals surface area (Å²) >= 11 is 0. The molecule has 0 amide bonds. The van der Waals surface area contributed by atoms with Gasteiger partial charge in [0, 0.05) is 5.41 Å². The number of rotatable bonds is 1. The average molecular weight is 318 g/mol. The van der Waals surface area contributed by atoms with E-state index in [4.69, 9.17) is 0 Å². The zero-order valence-corrected chi connectivity index (χ0v) is 14.5. The SMILES string of the molecule is C=C1C[C@]23CC[C@H]1C[C@H]2[C@]1(C)CCC[C@@](C)(C(=O)O)[C@H]1C[C@H]3O. The topological polar surface area (TPSA) is 57.5 Å². The number of hydrogen-bond donors (Lipinski definition) is 2. The van der Waals surface area contributed by atoms with E-state index in [1.54, 1.807) is 0 Å². The van der Waals surface area contributed by atoms with Gasteiger partial charge in [-0.2, -0.15) is 0 Å². The smallest absolute Gasteiger partial charge is 0.309 e. The molecule has 0 aliphatic heterocycles. The largest absolute Gasteiger partial charge is 0.481 e. The van der Waals surface area contributed by atoms with Crippen LogP contribution in [-0.4, -0.2) is 22.3 Å². The highest BCUT2D eigenvalue weighted by atomic mass is 16.4. The Morgan fingerprint density at radius 1 is 1.17 bits per heavy atom. The summed E-state index contributed by atoms with van der Waals surface area (Å²) in [4.78, 5) is 12.1. The van der Waals surface area contributed by atoms with E-state index >= 15 is 0 Å². The molecule has 5 aliphatic rings. The summed E-state index contributed by atoms with van der Waals surface area (Å²) in [7, 11) is 0. The van der Waals surface area contributed by atoms with Gasteiger partial charge >= 0.3 is 5.97 Å². The third kappa shape index (κ3) is 1.78. The van der Waals surface area contributed by atoms with E-state index in [1.807, 2.05) is 6.92 Å². The number of hydrogen-bond acceptors (Lipinski definition) is 2. The van der Waals surface area contributed by atoms with Crippen molar-refractivity contribution < 1.29 is 15.0 Å². The molecule has 0 aromatic rings. The summed E-state index contributed by atoms with van der Waals surface area (Å²) in [6.07, 6.45) is 7.55. The first-order chi connectivity index (χ1) is 10.7. The highest BCUT2D eigenvalue weighted by Gasteiger charge is 2.67. The summed E-state index contributed by atoms with van der Waals surface area (Å²) in [6.45, 7) is 8.58. The zero-order valence-electron chi connectivity index (χ0n) is 14.5. The third-order valence-corrected chi connectivity index (χ3v) is 8.69. The fourth-order valence-electron chi connectivity index (χ4n) is 7.42. The van der Waals surface area contributed by atoms with Crippen molar-refractivity contribution in [3.63, 3.8) is 0 Å². The van der Waals surface area contributed by atoms with Gasteiger partial charge in [-0.15, -0.1) is 0 Å². The van der Waals surface area contributed by atoms with Crippen molar-refractivity contribution in [3.05, 3.63) is 12.2 Å². The van der Waals surface area contributed by atoms with Crippen molar-refractivity contribution in [2.45, 2.75) is 71.3 Å². The minimum atomic E-state index is -0.677. The first-order valence-corrected chi connectivity index (χ1v) is 9.33. The highest BCUT2D eigenvalue weighted by molar-refractivity contribution is 5.75. The molecule has 0 radical (unpaired) electrons. The van der Waals surface area contributed by atoms with Gasteiger partial charge in [0.2, 0.25) is 0 Å². The molecule has 128 valence electrons. The maximum Gasteiger partial charge on any atom is 0.309 e. The number of fused-ring (bicyclic) bond motifs is 3. The van der Waals surface area contributed by atoms with Gasteiger partial charge in [-0.3, -0.25) is 4.79 Å². The van der Waals surface area contributed by atoms with E-state index in [0.29, 0.717) is 18.3 Å². The van der Waals surface area contributed by atoms with Crippen LogP contribution in [0.4, 0.5) is 0 Å². The Labute approximate surface area is 139 Å². The maximum atomic E-state index is 12.1. The lowest BCUT2D eigenvalue weighted by Crippen LogP contribution is -2.65. The minimum absolute atomic E-state index is 0.0200. The number of allylic oxidation sites excluding steroid dienone is 1. The lowest BCUT2D eigenvalue weighted by Gasteiger charge is -2.69. The van der Waals surface area contributed by atoms with Gasteiger partial charge in [-0.25, -0.2) is 0 Å². The van der Waals surface area contributed by atoms with Crippen LogP contribution < -0.4 is 0 Å². The predicted molar refractivity (Wildman–Crippen MR) is 88.8 cm³/mol.